The van der Waals surface area contributed by atoms with Gasteiger partial charge in [0.2, 0.25) is 0 Å². The maximum atomic E-state index is 10.5. The van der Waals surface area contributed by atoms with Gasteiger partial charge in [-0.05, 0) is 23.9 Å². The highest BCUT2D eigenvalue weighted by molar-refractivity contribution is 5.34. The summed E-state index contributed by atoms with van der Waals surface area (Å²) in [5.41, 5.74) is 9.13. The number of hydrogen-bond donors (Lipinski definition) is 1. The topological polar surface area (TPSA) is 112 Å². The minimum atomic E-state index is -0.486. The number of azide groups is 1. The molecule has 90 valence electrons. The molecule has 0 saturated carbocycles. The molecule has 0 aliphatic rings. The van der Waals surface area contributed by atoms with Gasteiger partial charge in [-0.1, -0.05) is 17.2 Å². The number of benzene rings is 1. The minimum absolute atomic E-state index is 0.00408. The van der Waals surface area contributed by atoms with E-state index in [1.807, 2.05) is 0 Å². The maximum Gasteiger partial charge on any atom is 0.269 e. The average Bonchev–Trinajstić information content (AvgIpc) is 2.34. The molecule has 1 rings (SSSR count). The molecule has 1 aromatic carbocycles. The summed E-state index contributed by atoms with van der Waals surface area (Å²) in [5.74, 6) is 0. The van der Waals surface area contributed by atoms with Gasteiger partial charge < -0.3 is 5.11 Å². The Hall–Kier alpha value is -2.11. The molecule has 0 spiro atoms. The summed E-state index contributed by atoms with van der Waals surface area (Å²) < 4.78 is 0. The van der Waals surface area contributed by atoms with Crippen LogP contribution in [-0.4, -0.2) is 16.6 Å². The van der Waals surface area contributed by atoms with Crippen molar-refractivity contribution in [3.63, 3.8) is 0 Å². The van der Waals surface area contributed by atoms with E-state index in [9.17, 15) is 10.1 Å². The zero-order valence-electron chi connectivity index (χ0n) is 9.06. The van der Waals surface area contributed by atoms with Crippen LogP contribution in [0.25, 0.3) is 10.4 Å². The molecule has 0 aromatic heterocycles. The van der Waals surface area contributed by atoms with E-state index in [0.29, 0.717) is 18.4 Å². The van der Waals surface area contributed by atoms with Gasteiger partial charge in [-0.2, -0.15) is 0 Å². The predicted molar refractivity (Wildman–Crippen MR) is 61.3 cm³/mol. The van der Waals surface area contributed by atoms with Gasteiger partial charge in [0.25, 0.3) is 5.69 Å². The van der Waals surface area contributed by atoms with Crippen LogP contribution in [0.3, 0.4) is 0 Å². The van der Waals surface area contributed by atoms with Crippen molar-refractivity contribution >= 4 is 5.69 Å². The molecular weight excluding hydrogens is 224 g/mol. The van der Waals surface area contributed by atoms with Crippen LogP contribution in [0, 0.1) is 10.1 Å². The lowest BCUT2D eigenvalue weighted by Crippen LogP contribution is -1.97. The van der Waals surface area contributed by atoms with E-state index in [0.717, 1.165) is 0 Å². The molecule has 1 atom stereocenters. The molecule has 17 heavy (non-hydrogen) atoms. The smallest absolute Gasteiger partial charge is 0.269 e. The first-order valence-corrected chi connectivity index (χ1v) is 5.08. The van der Waals surface area contributed by atoms with Crippen LogP contribution < -0.4 is 0 Å². The molecule has 0 radical (unpaired) electrons. The second kappa shape index (κ2) is 6.47. The lowest BCUT2D eigenvalue weighted by Gasteiger charge is -2.09. The van der Waals surface area contributed by atoms with Gasteiger partial charge in [0.1, 0.15) is 0 Å². The normalized spacial score (nSPS) is 11.6. The van der Waals surface area contributed by atoms with Crippen LogP contribution in [0.4, 0.5) is 5.69 Å². The molecule has 0 heterocycles. The van der Waals surface area contributed by atoms with Crippen molar-refractivity contribution in [2.75, 3.05) is 6.61 Å². The number of nitro benzene ring substituents is 1. The van der Waals surface area contributed by atoms with Gasteiger partial charge in [-0.25, -0.2) is 0 Å². The van der Waals surface area contributed by atoms with E-state index in [2.05, 4.69) is 10.0 Å². The van der Waals surface area contributed by atoms with Crippen molar-refractivity contribution in [1.29, 1.82) is 0 Å². The zero-order valence-corrected chi connectivity index (χ0v) is 9.06. The summed E-state index contributed by atoms with van der Waals surface area (Å²) in [7, 11) is 0. The molecular formula is C10H12N4O3. The summed E-state index contributed by atoms with van der Waals surface area (Å²) in [5, 5.41) is 22.8. The van der Waals surface area contributed by atoms with Crippen molar-refractivity contribution in [2.24, 2.45) is 5.11 Å². The second-order valence-corrected chi connectivity index (χ2v) is 3.44. The van der Waals surface area contributed by atoms with Crippen molar-refractivity contribution < 1.29 is 10.0 Å². The lowest BCUT2D eigenvalue weighted by molar-refractivity contribution is -0.384. The fraction of sp³-hybridized carbons (Fsp3) is 0.400. The summed E-state index contributed by atoms with van der Waals surface area (Å²) in [4.78, 5) is 12.7. The van der Waals surface area contributed by atoms with E-state index in [1.165, 1.54) is 12.1 Å². The number of aliphatic hydroxyl groups is 1. The maximum absolute atomic E-state index is 10.5. The number of non-ortho nitro benzene ring substituents is 1. The summed E-state index contributed by atoms with van der Waals surface area (Å²) in [6, 6.07) is 5.47. The Kier molecular flexibility index (Phi) is 4.93. The Morgan fingerprint density at radius 2 is 2.12 bits per heavy atom. The minimum Gasteiger partial charge on any atom is -0.396 e. The van der Waals surface area contributed by atoms with Crippen LogP contribution in [-0.2, 0) is 0 Å². The highest BCUT2D eigenvalue weighted by Gasteiger charge is 2.11. The number of rotatable bonds is 6. The fourth-order valence-corrected chi connectivity index (χ4v) is 1.46. The highest BCUT2D eigenvalue weighted by atomic mass is 16.6. The van der Waals surface area contributed by atoms with Crippen LogP contribution in [0.15, 0.2) is 29.4 Å². The Balaban J connectivity index is 2.86. The first kappa shape index (κ1) is 13.0. The van der Waals surface area contributed by atoms with Gasteiger partial charge in [-0.15, -0.1) is 0 Å². The highest BCUT2D eigenvalue weighted by Crippen LogP contribution is 2.24. The van der Waals surface area contributed by atoms with E-state index in [-0.39, 0.29) is 12.3 Å². The Labute approximate surface area is 97.5 Å². The molecule has 0 aliphatic carbocycles. The van der Waals surface area contributed by atoms with Crippen LogP contribution in [0.2, 0.25) is 0 Å². The first-order chi connectivity index (χ1) is 8.19. The Morgan fingerprint density at radius 3 is 2.59 bits per heavy atom. The third kappa shape index (κ3) is 3.75. The van der Waals surface area contributed by atoms with Gasteiger partial charge >= 0.3 is 0 Å². The fourth-order valence-electron chi connectivity index (χ4n) is 1.46. The van der Waals surface area contributed by atoms with Crippen molar-refractivity contribution in [3.05, 3.63) is 50.4 Å². The van der Waals surface area contributed by atoms with Crippen molar-refractivity contribution in [2.45, 2.75) is 18.9 Å². The van der Waals surface area contributed by atoms with E-state index in [1.54, 1.807) is 12.1 Å². The SMILES string of the molecule is [N-]=[N+]=NC(CCCO)c1ccc([N+](=O)[O-])cc1. The summed E-state index contributed by atoms with van der Waals surface area (Å²) in [6.45, 7) is 0.0183. The van der Waals surface area contributed by atoms with Crippen LogP contribution in [0.5, 0.6) is 0 Å². The van der Waals surface area contributed by atoms with Crippen molar-refractivity contribution in [3.8, 4) is 0 Å². The third-order valence-corrected chi connectivity index (χ3v) is 2.32. The van der Waals surface area contributed by atoms with Gasteiger partial charge in [0.15, 0.2) is 0 Å². The summed E-state index contributed by atoms with van der Waals surface area (Å²) in [6.07, 6.45) is 1.03. The monoisotopic (exact) mass is 236 g/mol. The van der Waals surface area contributed by atoms with Gasteiger partial charge in [0, 0.05) is 23.7 Å². The molecule has 0 aliphatic heterocycles. The largest absolute Gasteiger partial charge is 0.396 e. The molecule has 1 aromatic rings. The molecule has 1 unspecified atom stereocenters. The molecule has 0 fully saturated rings. The number of aliphatic hydroxyl groups excluding tert-OH is 1. The number of hydrogen-bond acceptors (Lipinski definition) is 4. The van der Waals surface area contributed by atoms with Gasteiger partial charge in [-0.3, -0.25) is 10.1 Å². The molecule has 1 N–H and O–H groups in total. The van der Waals surface area contributed by atoms with Gasteiger partial charge in [0.05, 0.1) is 11.0 Å². The van der Waals surface area contributed by atoms with Crippen molar-refractivity contribution in [1.82, 2.24) is 0 Å². The standard InChI is InChI=1S/C10H12N4O3/c11-13-12-10(2-1-7-15)8-3-5-9(6-4-8)14(16)17/h3-6,10,15H,1-2,7H2. The molecule has 0 amide bonds. The van der Waals surface area contributed by atoms with E-state index in [4.69, 9.17) is 10.6 Å². The third-order valence-electron chi connectivity index (χ3n) is 2.32. The average molecular weight is 236 g/mol. The number of nitrogens with zero attached hydrogens (tertiary/aromatic N) is 4. The number of nitro groups is 1. The molecule has 0 saturated heterocycles. The second-order valence-electron chi connectivity index (χ2n) is 3.44. The summed E-state index contributed by atoms with van der Waals surface area (Å²) >= 11 is 0. The molecule has 0 bridgehead atoms. The quantitative estimate of drug-likeness (QED) is 0.269. The lowest BCUT2D eigenvalue weighted by atomic mass is 10.0. The van der Waals surface area contributed by atoms with Crippen LogP contribution in [0.1, 0.15) is 24.4 Å². The van der Waals surface area contributed by atoms with Crippen LogP contribution >= 0.6 is 0 Å². The predicted octanol–water partition coefficient (Wildman–Crippen LogP) is 2.72. The van der Waals surface area contributed by atoms with E-state index < -0.39 is 11.0 Å². The molecule has 7 heteroatoms. The zero-order chi connectivity index (χ0) is 12.7. The van der Waals surface area contributed by atoms with E-state index >= 15 is 0 Å². The Bertz CT molecular complexity index is 426. The Morgan fingerprint density at radius 1 is 1.47 bits per heavy atom. The first-order valence-electron chi connectivity index (χ1n) is 5.08. The molecule has 7 nitrogen and oxygen atoms in total.